The van der Waals surface area contributed by atoms with Crippen LogP contribution < -0.4 is 10.1 Å². The van der Waals surface area contributed by atoms with Gasteiger partial charge in [-0.1, -0.05) is 41.4 Å². The molecule has 0 aromatic heterocycles. The first-order valence-corrected chi connectivity index (χ1v) is 11.5. The Kier molecular flexibility index (Phi) is 7.95. The van der Waals surface area contributed by atoms with Crippen LogP contribution in [0, 0.1) is 0 Å². The number of halogens is 2. The summed E-state index contributed by atoms with van der Waals surface area (Å²) in [6.07, 6.45) is 4.02. The number of nitrogens with one attached hydrogen (secondary N) is 1. The summed E-state index contributed by atoms with van der Waals surface area (Å²) >= 11 is 14.0. The number of hydrogen-bond acceptors (Lipinski definition) is 3. The van der Waals surface area contributed by atoms with Crippen LogP contribution in [0.3, 0.4) is 0 Å². The van der Waals surface area contributed by atoms with Crippen molar-refractivity contribution in [3.05, 3.63) is 63.1 Å². The molecule has 0 bridgehead atoms. The lowest BCUT2D eigenvalue weighted by molar-refractivity contribution is -0.127. The third-order valence-corrected chi connectivity index (χ3v) is 6.57. The summed E-state index contributed by atoms with van der Waals surface area (Å²) in [6.45, 7) is 2.38. The van der Waals surface area contributed by atoms with Crippen LogP contribution in [-0.4, -0.2) is 24.3 Å². The molecule has 1 aliphatic rings. The lowest BCUT2D eigenvalue weighted by Crippen LogP contribution is -2.37. The molecule has 1 N–H and O–H groups in total. The monoisotopic (exact) mass is 437 g/mol. The predicted molar refractivity (Wildman–Crippen MR) is 119 cm³/mol. The van der Waals surface area contributed by atoms with E-state index in [1.54, 1.807) is 18.7 Å². The van der Waals surface area contributed by atoms with Crippen LogP contribution in [0.15, 0.2) is 36.4 Å². The molecular weight excluding hydrogens is 413 g/mol. The molecule has 0 spiro atoms. The number of ether oxygens (including phenoxy) is 1. The maximum absolute atomic E-state index is 12.4. The van der Waals surface area contributed by atoms with Gasteiger partial charge in [-0.2, -0.15) is 11.8 Å². The van der Waals surface area contributed by atoms with E-state index < -0.39 is 6.10 Å². The molecule has 0 aliphatic heterocycles. The highest BCUT2D eigenvalue weighted by Gasteiger charge is 2.19. The van der Waals surface area contributed by atoms with Gasteiger partial charge in [0.1, 0.15) is 5.75 Å². The number of carbonyl (C=O) groups is 1. The Labute approximate surface area is 181 Å². The summed E-state index contributed by atoms with van der Waals surface area (Å²) in [4.78, 5) is 12.4. The number of aryl methyl sites for hydroxylation is 1. The van der Waals surface area contributed by atoms with E-state index in [1.807, 2.05) is 30.3 Å². The molecule has 0 saturated heterocycles. The van der Waals surface area contributed by atoms with Crippen LogP contribution >= 0.6 is 35.0 Å². The van der Waals surface area contributed by atoms with Crippen molar-refractivity contribution >= 4 is 40.9 Å². The van der Waals surface area contributed by atoms with E-state index >= 15 is 0 Å². The van der Waals surface area contributed by atoms with Gasteiger partial charge in [-0.3, -0.25) is 4.79 Å². The van der Waals surface area contributed by atoms with E-state index in [1.165, 1.54) is 24.0 Å². The zero-order chi connectivity index (χ0) is 19.9. The number of thioether (sulfide) groups is 1. The molecule has 1 amide bonds. The number of fused-ring (bicyclic) bond motifs is 1. The van der Waals surface area contributed by atoms with Crippen molar-refractivity contribution in [1.29, 1.82) is 0 Å². The number of carbonyl (C=O) groups excluding carboxylic acids is 1. The molecule has 150 valence electrons. The smallest absolute Gasteiger partial charge is 0.260 e. The zero-order valence-electron chi connectivity index (χ0n) is 16.0. The van der Waals surface area contributed by atoms with Crippen LogP contribution in [0.4, 0.5) is 0 Å². The van der Waals surface area contributed by atoms with Crippen LogP contribution in [0.5, 0.6) is 5.75 Å². The number of benzene rings is 2. The predicted octanol–water partition coefficient (Wildman–Crippen LogP) is 5.69. The average Bonchev–Trinajstić information content (AvgIpc) is 2.69. The summed E-state index contributed by atoms with van der Waals surface area (Å²) in [5.41, 5.74) is 3.55. The summed E-state index contributed by atoms with van der Waals surface area (Å²) in [5.74, 6) is 2.25. The van der Waals surface area contributed by atoms with Crippen molar-refractivity contribution in [3.8, 4) is 5.75 Å². The van der Waals surface area contributed by atoms with Gasteiger partial charge in [0, 0.05) is 28.1 Å². The first-order valence-electron chi connectivity index (χ1n) is 9.62. The Bertz CT molecular complexity index is 808. The molecule has 3 rings (SSSR count). The van der Waals surface area contributed by atoms with Gasteiger partial charge < -0.3 is 10.1 Å². The van der Waals surface area contributed by atoms with Crippen molar-refractivity contribution in [3.63, 3.8) is 0 Å². The molecule has 2 aromatic rings. The maximum atomic E-state index is 12.4. The van der Waals surface area contributed by atoms with Crippen LogP contribution in [-0.2, 0) is 23.4 Å². The van der Waals surface area contributed by atoms with Crippen molar-refractivity contribution in [2.24, 2.45) is 0 Å². The van der Waals surface area contributed by atoms with Gasteiger partial charge in [0.25, 0.3) is 5.91 Å². The fourth-order valence-electron chi connectivity index (χ4n) is 3.34. The lowest BCUT2D eigenvalue weighted by Gasteiger charge is -2.22. The second-order valence-corrected chi connectivity index (χ2v) is 8.82. The molecular formula is C22H25Cl2NO2S. The van der Waals surface area contributed by atoms with Crippen molar-refractivity contribution < 1.29 is 9.53 Å². The van der Waals surface area contributed by atoms with Crippen LogP contribution in [0.2, 0.25) is 10.0 Å². The van der Waals surface area contributed by atoms with Gasteiger partial charge in [-0.05, 0) is 67.5 Å². The quantitative estimate of drug-likeness (QED) is 0.538. The van der Waals surface area contributed by atoms with Gasteiger partial charge in [-0.25, -0.2) is 0 Å². The van der Waals surface area contributed by atoms with Crippen LogP contribution in [0.25, 0.3) is 0 Å². The minimum absolute atomic E-state index is 0.0928. The van der Waals surface area contributed by atoms with Gasteiger partial charge >= 0.3 is 0 Å². The van der Waals surface area contributed by atoms with Gasteiger partial charge in [0.2, 0.25) is 0 Å². The molecule has 1 unspecified atom stereocenters. The van der Waals surface area contributed by atoms with E-state index in [0.29, 0.717) is 16.6 Å². The Morgan fingerprint density at radius 1 is 1.14 bits per heavy atom. The Hall–Kier alpha value is -1.36. The second kappa shape index (κ2) is 10.4. The molecule has 0 fully saturated rings. The summed E-state index contributed by atoms with van der Waals surface area (Å²) in [7, 11) is 0. The first kappa shape index (κ1) is 21.4. The Morgan fingerprint density at radius 3 is 2.64 bits per heavy atom. The number of rotatable bonds is 8. The van der Waals surface area contributed by atoms with E-state index in [2.05, 4.69) is 11.4 Å². The standard InChI is InChI=1S/C22H25Cl2NO2S/c1-15(27-21-11-4-7-16-6-2-3-8-17(16)21)22(26)25-12-13-28-14-18-19(23)9-5-10-20(18)24/h4-5,7,9-11,15H,2-3,6,8,12-14H2,1H3,(H,25,26). The highest BCUT2D eigenvalue weighted by molar-refractivity contribution is 7.98. The normalized spacial score (nSPS) is 14.2. The first-order chi connectivity index (χ1) is 13.6. The molecule has 1 aliphatic carbocycles. The molecule has 3 nitrogen and oxygen atoms in total. The molecule has 0 heterocycles. The summed E-state index contributed by atoms with van der Waals surface area (Å²) in [5, 5.41) is 4.30. The zero-order valence-corrected chi connectivity index (χ0v) is 18.3. The summed E-state index contributed by atoms with van der Waals surface area (Å²) < 4.78 is 5.98. The van der Waals surface area contributed by atoms with Crippen molar-refractivity contribution in [2.75, 3.05) is 12.3 Å². The molecule has 2 aromatic carbocycles. The fraction of sp³-hybridized carbons (Fsp3) is 0.409. The number of hydrogen-bond donors (Lipinski definition) is 1. The van der Waals surface area contributed by atoms with E-state index in [-0.39, 0.29) is 5.91 Å². The number of amides is 1. The van der Waals surface area contributed by atoms with Crippen molar-refractivity contribution in [1.82, 2.24) is 5.32 Å². The van der Waals surface area contributed by atoms with Gasteiger partial charge in [0.05, 0.1) is 0 Å². The second-order valence-electron chi connectivity index (χ2n) is 6.90. The van der Waals surface area contributed by atoms with Gasteiger partial charge in [0.15, 0.2) is 6.10 Å². The maximum Gasteiger partial charge on any atom is 0.260 e. The van der Waals surface area contributed by atoms with Crippen molar-refractivity contribution in [2.45, 2.75) is 44.5 Å². The fourth-order valence-corrected chi connectivity index (χ4v) is 4.93. The Morgan fingerprint density at radius 2 is 1.86 bits per heavy atom. The average molecular weight is 438 g/mol. The lowest BCUT2D eigenvalue weighted by atomic mass is 9.91. The minimum Gasteiger partial charge on any atom is -0.481 e. The largest absolute Gasteiger partial charge is 0.481 e. The molecule has 0 radical (unpaired) electrons. The third-order valence-electron chi connectivity index (χ3n) is 4.88. The molecule has 0 saturated carbocycles. The highest BCUT2D eigenvalue weighted by Crippen LogP contribution is 2.30. The third kappa shape index (κ3) is 5.59. The molecule has 28 heavy (non-hydrogen) atoms. The SMILES string of the molecule is CC(Oc1cccc2c1CCCC2)C(=O)NCCSCc1c(Cl)cccc1Cl. The highest BCUT2D eigenvalue weighted by atomic mass is 35.5. The summed E-state index contributed by atoms with van der Waals surface area (Å²) in [6, 6.07) is 11.7. The van der Waals surface area contributed by atoms with E-state index in [9.17, 15) is 4.79 Å². The van der Waals surface area contributed by atoms with Crippen LogP contribution in [0.1, 0.15) is 36.5 Å². The van der Waals surface area contributed by atoms with Gasteiger partial charge in [-0.15, -0.1) is 0 Å². The topological polar surface area (TPSA) is 38.3 Å². The van der Waals surface area contributed by atoms with E-state index in [0.717, 1.165) is 35.7 Å². The Balaban J connectivity index is 1.43. The molecule has 1 atom stereocenters. The van der Waals surface area contributed by atoms with E-state index in [4.69, 9.17) is 27.9 Å². The minimum atomic E-state index is -0.517. The molecule has 6 heteroatoms.